The Hall–Kier alpha value is -0.860. The van der Waals surface area contributed by atoms with Crippen LogP contribution in [-0.2, 0) is 5.54 Å². The van der Waals surface area contributed by atoms with Crippen molar-refractivity contribution >= 4 is 0 Å². The highest BCUT2D eigenvalue weighted by Gasteiger charge is 2.28. The molecule has 0 radical (unpaired) electrons. The van der Waals surface area contributed by atoms with E-state index in [4.69, 9.17) is 5.73 Å². The minimum absolute atomic E-state index is 0.252. The lowest BCUT2D eigenvalue weighted by molar-refractivity contribution is 0.116. The Morgan fingerprint density at radius 2 is 1.72 bits per heavy atom. The molecule has 18 heavy (non-hydrogen) atoms. The van der Waals surface area contributed by atoms with Crippen LogP contribution in [0.25, 0.3) is 0 Å². The fourth-order valence-electron chi connectivity index (χ4n) is 3.30. The first-order valence-corrected chi connectivity index (χ1v) is 7.04. The third-order valence-corrected chi connectivity index (χ3v) is 3.93. The van der Waals surface area contributed by atoms with Gasteiger partial charge in [0, 0.05) is 19.6 Å². The standard InChI is InChI=1S/C16H26N2/c1-13-9-14(2)11-18(10-13)12-16(3,17)15-7-5-4-6-8-15/h4-8,13-14H,9-12,17H2,1-3H3. The molecule has 1 fully saturated rings. The Kier molecular flexibility index (Phi) is 4.08. The molecular weight excluding hydrogens is 220 g/mol. The first-order valence-electron chi connectivity index (χ1n) is 7.04. The van der Waals surface area contributed by atoms with Crippen LogP contribution in [0, 0.1) is 11.8 Å². The van der Waals surface area contributed by atoms with Gasteiger partial charge in [0.1, 0.15) is 0 Å². The van der Waals surface area contributed by atoms with Crippen molar-refractivity contribution in [3.05, 3.63) is 35.9 Å². The molecule has 2 nitrogen and oxygen atoms in total. The van der Waals surface area contributed by atoms with E-state index in [1.165, 1.54) is 25.1 Å². The lowest BCUT2D eigenvalue weighted by atomic mass is 9.88. The number of hydrogen-bond acceptors (Lipinski definition) is 2. The van der Waals surface area contributed by atoms with Crippen LogP contribution in [0.1, 0.15) is 32.8 Å². The molecule has 1 saturated heterocycles. The van der Waals surface area contributed by atoms with E-state index in [-0.39, 0.29) is 5.54 Å². The first-order chi connectivity index (χ1) is 8.47. The average Bonchev–Trinajstić information content (AvgIpc) is 2.28. The van der Waals surface area contributed by atoms with E-state index >= 15 is 0 Å². The summed E-state index contributed by atoms with van der Waals surface area (Å²) in [6, 6.07) is 10.5. The topological polar surface area (TPSA) is 29.3 Å². The Bertz CT molecular complexity index is 362. The highest BCUT2D eigenvalue weighted by molar-refractivity contribution is 5.23. The van der Waals surface area contributed by atoms with E-state index in [0.717, 1.165) is 18.4 Å². The van der Waals surface area contributed by atoms with Crippen LogP contribution in [0.4, 0.5) is 0 Å². The molecule has 1 aliphatic heterocycles. The lowest BCUT2D eigenvalue weighted by Gasteiger charge is -2.39. The van der Waals surface area contributed by atoms with Crippen molar-refractivity contribution in [3.8, 4) is 0 Å². The van der Waals surface area contributed by atoms with Crippen molar-refractivity contribution in [2.45, 2.75) is 32.7 Å². The van der Waals surface area contributed by atoms with E-state index in [1.54, 1.807) is 0 Å². The van der Waals surface area contributed by atoms with Crippen molar-refractivity contribution in [1.29, 1.82) is 0 Å². The van der Waals surface area contributed by atoms with E-state index in [0.29, 0.717) is 0 Å². The molecule has 0 amide bonds. The summed E-state index contributed by atoms with van der Waals surface area (Å²) in [5.74, 6) is 1.58. The molecule has 100 valence electrons. The molecule has 0 aromatic heterocycles. The zero-order valence-electron chi connectivity index (χ0n) is 11.9. The minimum Gasteiger partial charge on any atom is -0.321 e. The summed E-state index contributed by atoms with van der Waals surface area (Å²) < 4.78 is 0. The highest BCUT2D eigenvalue weighted by Crippen LogP contribution is 2.25. The molecule has 1 aromatic carbocycles. The number of nitrogens with zero attached hydrogens (tertiary/aromatic N) is 1. The molecule has 3 unspecified atom stereocenters. The van der Waals surface area contributed by atoms with Crippen molar-refractivity contribution < 1.29 is 0 Å². The molecule has 2 rings (SSSR count). The summed E-state index contributed by atoms with van der Waals surface area (Å²) in [5, 5.41) is 0. The molecule has 3 atom stereocenters. The second-order valence-electron chi connectivity index (χ2n) is 6.42. The zero-order valence-corrected chi connectivity index (χ0v) is 11.9. The van der Waals surface area contributed by atoms with Gasteiger partial charge in [-0.1, -0.05) is 44.2 Å². The fraction of sp³-hybridized carbons (Fsp3) is 0.625. The van der Waals surface area contributed by atoms with Crippen LogP contribution >= 0.6 is 0 Å². The van der Waals surface area contributed by atoms with Gasteiger partial charge in [-0.25, -0.2) is 0 Å². The van der Waals surface area contributed by atoms with Crippen molar-refractivity contribution in [2.75, 3.05) is 19.6 Å². The Labute approximate surface area is 111 Å². The van der Waals surface area contributed by atoms with E-state index in [1.807, 2.05) is 6.07 Å². The maximum Gasteiger partial charge on any atom is 0.0509 e. The van der Waals surface area contributed by atoms with Crippen LogP contribution in [0.3, 0.4) is 0 Å². The Morgan fingerprint density at radius 1 is 1.17 bits per heavy atom. The van der Waals surface area contributed by atoms with Gasteiger partial charge in [-0.15, -0.1) is 0 Å². The molecular formula is C16H26N2. The molecule has 1 aliphatic rings. The van der Waals surface area contributed by atoms with Crippen LogP contribution < -0.4 is 5.73 Å². The molecule has 1 heterocycles. The second-order valence-corrected chi connectivity index (χ2v) is 6.42. The Balaban J connectivity index is 2.04. The minimum atomic E-state index is -0.252. The molecule has 0 saturated carbocycles. The summed E-state index contributed by atoms with van der Waals surface area (Å²) >= 11 is 0. The average molecular weight is 246 g/mol. The maximum atomic E-state index is 6.52. The van der Waals surface area contributed by atoms with Gasteiger partial charge in [0.2, 0.25) is 0 Å². The third kappa shape index (κ3) is 3.33. The van der Waals surface area contributed by atoms with Crippen molar-refractivity contribution in [2.24, 2.45) is 17.6 Å². The van der Waals surface area contributed by atoms with Gasteiger partial charge in [-0.3, -0.25) is 0 Å². The van der Waals surface area contributed by atoms with Crippen LogP contribution in [0.5, 0.6) is 0 Å². The number of likely N-dealkylation sites (tertiary alicyclic amines) is 1. The van der Waals surface area contributed by atoms with Crippen LogP contribution in [0.15, 0.2) is 30.3 Å². The first kappa shape index (κ1) is 13.6. The van der Waals surface area contributed by atoms with Gasteiger partial charge < -0.3 is 10.6 Å². The maximum absolute atomic E-state index is 6.52. The molecule has 2 N–H and O–H groups in total. The number of rotatable bonds is 3. The predicted molar refractivity (Wildman–Crippen MR) is 77.4 cm³/mol. The normalized spacial score (nSPS) is 28.9. The summed E-state index contributed by atoms with van der Waals surface area (Å²) in [6.45, 7) is 10.2. The van der Waals surface area contributed by atoms with Gasteiger partial charge in [0.05, 0.1) is 5.54 Å². The van der Waals surface area contributed by atoms with E-state index in [9.17, 15) is 0 Å². The van der Waals surface area contributed by atoms with Crippen LogP contribution in [0.2, 0.25) is 0 Å². The number of hydrogen-bond donors (Lipinski definition) is 1. The summed E-state index contributed by atoms with van der Waals surface area (Å²) in [6.07, 6.45) is 1.35. The smallest absolute Gasteiger partial charge is 0.0509 e. The van der Waals surface area contributed by atoms with Gasteiger partial charge >= 0.3 is 0 Å². The monoisotopic (exact) mass is 246 g/mol. The number of benzene rings is 1. The van der Waals surface area contributed by atoms with Gasteiger partial charge in [0.15, 0.2) is 0 Å². The summed E-state index contributed by atoms with van der Waals surface area (Å²) in [7, 11) is 0. The second kappa shape index (κ2) is 5.41. The predicted octanol–water partition coefficient (Wildman–Crippen LogP) is 2.84. The van der Waals surface area contributed by atoms with E-state index < -0.39 is 0 Å². The SMILES string of the molecule is CC1CC(C)CN(CC(C)(N)c2ccccc2)C1. The molecule has 1 aromatic rings. The van der Waals surface area contributed by atoms with E-state index in [2.05, 4.69) is 49.9 Å². The Morgan fingerprint density at radius 3 is 2.28 bits per heavy atom. The van der Waals surface area contributed by atoms with Gasteiger partial charge in [-0.05, 0) is 30.7 Å². The van der Waals surface area contributed by atoms with Gasteiger partial charge in [-0.2, -0.15) is 0 Å². The fourth-order valence-corrected chi connectivity index (χ4v) is 3.30. The number of nitrogens with two attached hydrogens (primary N) is 1. The molecule has 0 bridgehead atoms. The number of piperidine rings is 1. The third-order valence-electron chi connectivity index (χ3n) is 3.93. The van der Waals surface area contributed by atoms with Crippen LogP contribution in [-0.4, -0.2) is 24.5 Å². The lowest BCUT2D eigenvalue weighted by Crippen LogP contribution is -2.49. The van der Waals surface area contributed by atoms with Gasteiger partial charge in [0.25, 0.3) is 0 Å². The molecule has 0 spiro atoms. The zero-order chi connectivity index (χ0) is 13.2. The molecule has 2 heteroatoms. The summed E-state index contributed by atoms with van der Waals surface area (Å²) in [5.41, 5.74) is 7.50. The highest BCUT2D eigenvalue weighted by atomic mass is 15.2. The quantitative estimate of drug-likeness (QED) is 0.888. The van der Waals surface area contributed by atoms with Crippen molar-refractivity contribution in [3.63, 3.8) is 0 Å². The largest absolute Gasteiger partial charge is 0.321 e. The molecule has 0 aliphatic carbocycles. The summed E-state index contributed by atoms with van der Waals surface area (Å²) in [4.78, 5) is 2.53. The van der Waals surface area contributed by atoms with Crippen molar-refractivity contribution in [1.82, 2.24) is 4.90 Å².